The van der Waals surface area contributed by atoms with Crippen molar-refractivity contribution in [1.29, 1.82) is 0 Å². The molecule has 3 N–H and O–H groups in total. The van der Waals surface area contributed by atoms with Crippen molar-refractivity contribution in [2.75, 3.05) is 5.73 Å². The lowest BCUT2D eigenvalue weighted by Gasteiger charge is -2.26. The van der Waals surface area contributed by atoms with Gasteiger partial charge < -0.3 is 20.3 Å². The highest BCUT2D eigenvalue weighted by Crippen LogP contribution is 2.42. The Balaban J connectivity index is 2.09. The van der Waals surface area contributed by atoms with Gasteiger partial charge in [-0.25, -0.2) is 0 Å². The third-order valence-electron chi connectivity index (χ3n) is 4.01. The van der Waals surface area contributed by atoms with E-state index in [9.17, 15) is 9.90 Å². The molecule has 2 aromatic carbocycles. The standard InChI is InChI=1S/C19H21NO4/c1-19(2,3)13-8-11-4-7-18(22)24-15(11)10-16(13)23-17-9-12(21)5-6-14(17)20/h5-6,8-10,21H,4,7,20H2,1-3H3. The number of anilines is 1. The number of hydrogen-bond donors (Lipinski definition) is 2. The molecule has 0 aliphatic carbocycles. The number of ether oxygens (including phenoxy) is 2. The Morgan fingerprint density at radius 1 is 1.12 bits per heavy atom. The molecule has 0 radical (unpaired) electrons. The topological polar surface area (TPSA) is 81.8 Å². The molecule has 1 aliphatic rings. The van der Waals surface area contributed by atoms with Crippen LogP contribution in [0.4, 0.5) is 5.69 Å². The number of carbonyl (C=O) groups excluding carboxylic acids is 1. The van der Waals surface area contributed by atoms with Gasteiger partial charge in [-0.3, -0.25) is 4.79 Å². The highest BCUT2D eigenvalue weighted by atomic mass is 16.5. The first-order chi connectivity index (χ1) is 11.2. The zero-order valence-corrected chi connectivity index (χ0v) is 14.1. The lowest BCUT2D eigenvalue weighted by atomic mass is 9.84. The Labute approximate surface area is 141 Å². The Bertz CT molecular complexity index is 806. The van der Waals surface area contributed by atoms with E-state index in [2.05, 4.69) is 20.8 Å². The number of aryl methyl sites for hydroxylation is 1. The van der Waals surface area contributed by atoms with Gasteiger partial charge in [0, 0.05) is 17.7 Å². The monoisotopic (exact) mass is 327 g/mol. The lowest BCUT2D eigenvalue weighted by molar-refractivity contribution is -0.135. The Kier molecular flexibility index (Phi) is 3.87. The number of nitrogens with two attached hydrogens (primary N) is 1. The predicted octanol–water partition coefficient (Wildman–Crippen LogP) is 3.92. The van der Waals surface area contributed by atoms with Gasteiger partial charge in [0.15, 0.2) is 5.75 Å². The minimum Gasteiger partial charge on any atom is -0.508 e. The molecule has 1 heterocycles. The molecule has 5 nitrogen and oxygen atoms in total. The molecule has 0 spiro atoms. The highest BCUT2D eigenvalue weighted by Gasteiger charge is 2.26. The predicted molar refractivity (Wildman–Crippen MR) is 91.7 cm³/mol. The van der Waals surface area contributed by atoms with Crippen LogP contribution in [0, 0.1) is 0 Å². The van der Waals surface area contributed by atoms with Gasteiger partial charge in [-0.2, -0.15) is 0 Å². The number of carbonyl (C=O) groups is 1. The molecule has 5 heteroatoms. The Morgan fingerprint density at radius 2 is 1.88 bits per heavy atom. The molecular formula is C19H21NO4. The van der Waals surface area contributed by atoms with Crippen molar-refractivity contribution in [2.24, 2.45) is 0 Å². The number of fused-ring (bicyclic) bond motifs is 1. The number of aromatic hydroxyl groups is 1. The summed E-state index contributed by atoms with van der Waals surface area (Å²) in [7, 11) is 0. The quantitative estimate of drug-likeness (QED) is 0.378. The summed E-state index contributed by atoms with van der Waals surface area (Å²) in [6.07, 6.45) is 1.04. The van der Waals surface area contributed by atoms with Crippen molar-refractivity contribution in [2.45, 2.75) is 39.0 Å². The van der Waals surface area contributed by atoms with E-state index in [0.717, 1.165) is 11.1 Å². The fourth-order valence-electron chi connectivity index (χ4n) is 2.71. The highest BCUT2D eigenvalue weighted by molar-refractivity contribution is 5.76. The average Bonchev–Trinajstić information content (AvgIpc) is 2.49. The zero-order chi connectivity index (χ0) is 17.5. The largest absolute Gasteiger partial charge is 0.508 e. The molecule has 24 heavy (non-hydrogen) atoms. The molecule has 1 aliphatic heterocycles. The van der Waals surface area contributed by atoms with E-state index in [0.29, 0.717) is 35.8 Å². The number of nitrogen functional groups attached to an aromatic ring is 1. The van der Waals surface area contributed by atoms with Gasteiger partial charge in [0.05, 0.1) is 12.1 Å². The van der Waals surface area contributed by atoms with E-state index in [1.165, 1.54) is 12.1 Å². The van der Waals surface area contributed by atoms with Gasteiger partial charge in [-0.15, -0.1) is 0 Å². The summed E-state index contributed by atoms with van der Waals surface area (Å²) in [4.78, 5) is 11.6. The molecule has 0 fully saturated rings. The summed E-state index contributed by atoms with van der Waals surface area (Å²) < 4.78 is 11.3. The fourth-order valence-corrected chi connectivity index (χ4v) is 2.71. The first kappa shape index (κ1) is 16.2. The molecule has 0 unspecified atom stereocenters. The van der Waals surface area contributed by atoms with Crippen LogP contribution in [0.25, 0.3) is 0 Å². The van der Waals surface area contributed by atoms with E-state index in [-0.39, 0.29) is 17.1 Å². The van der Waals surface area contributed by atoms with Crippen LogP contribution in [0.15, 0.2) is 30.3 Å². The van der Waals surface area contributed by atoms with Crippen LogP contribution >= 0.6 is 0 Å². The van der Waals surface area contributed by atoms with E-state index in [1.54, 1.807) is 12.1 Å². The molecule has 2 aromatic rings. The maximum Gasteiger partial charge on any atom is 0.311 e. The molecule has 0 atom stereocenters. The normalized spacial score (nSPS) is 14.0. The SMILES string of the molecule is CC(C)(C)c1cc2c(cc1Oc1cc(O)ccc1N)OC(=O)CC2. The van der Waals surface area contributed by atoms with Gasteiger partial charge >= 0.3 is 5.97 Å². The number of phenols is 1. The number of hydrogen-bond acceptors (Lipinski definition) is 5. The number of esters is 1. The number of rotatable bonds is 2. The van der Waals surface area contributed by atoms with Crippen LogP contribution in [0.5, 0.6) is 23.0 Å². The summed E-state index contributed by atoms with van der Waals surface area (Å²) in [6.45, 7) is 6.26. The summed E-state index contributed by atoms with van der Waals surface area (Å²) in [5, 5.41) is 9.67. The zero-order valence-electron chi connectivity index (χ0n) is 14.1. The maximum atomic E-state index is 11.6. The van der Waals surface area contributed by atoms with Gasteiger partial charge in [0.25, 0.3) is 0 Å². The summed E-state index contributed by atoms with van der Waals surface area (Å²) in [5.74, 6) is 1.28. The first-order valence-electron chi connectivity index (χ1n) is 7.88. The summed E-state index contributed by atoms with van der Waals surface area (Å²) >= 11 is 0. The smallest absolute Gasteiger partial charge is 0.311 e. The van der Waals surface area contributed by atoms with Gasteiger partial charge in [0.2, 0.25) is 0 Å². The van der Waals surface area contributed by atoms with Gasteiger partial charge in [-0.1, -0.05) is 20.8 Å². The van der Waals surface area contributed by atoms with Crippen molar-refractivity contribution in [3.8, 4) is 23.0 Å². The second-order valence-electron chi connectivity index (χ2n) is 7.00. The summed E-state index contributed by atoms with van der Waals surface area (Å²) in [6, 6.07) is 8.31. The average molecular weight is 327 g/mol. The summed E-state index contributed by atoms with van der Waals surface area (Å²) in [5.41, 5.74) is 8.17. The molecule has 3 rings (SSSR count). The van der Waals surface area contributed by atoms with Crippen molar-refractivity contribution in [3.05, 3.63) is 41.5 Å². The van der Waals surface area contributed by atoms with Crippen molar-refractivity contribution in [1.82, 2.24) is 0 Å². The molecule has 0 saturated carbocycles. The van der Waals surface area contributed by atoms with E-state index < -0.39 is 0 Å². The molecule has 0 amide bonds. The minimum absolute atomic E-state index is 0.0703. The maximum absolute atomic E-state index is 11.6. The van der Waals surface area contributed by atoms with Crippen LogP contribution in [-0.2, 0) is 16.6 Å². The Hall–Kier alpha value is -2.69. The number of benzene rings is 2. The Morgan fingerprint density at radius 3 is 2.58 bits per heavy atom. The molecule has 0 bridgehead atoms. The lowest BCUT2D eigenvalue weighted by Crippen LogP contribution is -2.19. The van der Waals surface area contributed by atoms with Crippen molar-refractivity contribution in [3.63, 3.8) is 0 Å². The molecular weight excluding hydrogens is 306 g/mol. The molecule has 0 aromatic heterocycles. The van der Waals surface area contributed by atoms with Crippen LogP contribution in [0.2, 0.25) is 0 Å². The molecule has 126 valence electrons. The van der Waals surface area contributed by atoms with Crippen LogP contribution < -0.4 is 15.2 Å². The second kappa shape index (κ2) is 5.74. The third-order valence-corrected chi connectivity index (χ3v) is 4.01. The van der Waals surface area contributed by atoms with Crippen LogP contribution in [0.3, 0.4) is 0 Å². The van der Waals surface area contributed by atoms with Crippen LogP contribution in [-0.4, -0.2) is 11.1 Å². The van der Waals surface area contributed by atoms with Crippen molar-refractivity contribution >= 4 is 11.7 Å². The van der Waals surface area contributed by atoms with E-state index >= 15 is 0 Å². The number of phenolic OH excluding ortho intramolecular Hbond substituents is 1. The van der Waals surface area contributed by atoms with Crippen LogP contribution in [0.1, 0.15) is 38.3 Å². The first-order valence-corrected chi connectivity index (χ1v) is 7.88. The third kappa shape index (κ3) is 3.15. The second-order valence-corrected chi connectivity index (χ2v) is 7.00. The van der Waals surface area contributed by atoms with Gasteiger partial charge in [-0.05, 0) is 35.6 Å². The minimum atomic E-state index is -0.242. The van der Waals surface area contributed by atoms with Gasteiger partial charge in [0.1, 0.15) is 17.2 Å². The van der Waals surface area contributed by atoms with E-state index in [1.807, 2.05) is 6.07 Å². The van der Waals surface area contributed by atoms with Crippen molar-refractivity contribution < 1.29 is 19.4 Å². The fraction of sp³-hybridized carbons (Fsp3) is 0.316. The molecule has 0 saturated heterocycles. The van der Waals surface area contributed by atoms with E-state index in [4.69, 9.17) is 15.2 Å².